The van der Waals surface area contributed by atoms with E-state index in [0.29, 0.717) is 0 Å². The van der Waals surface area contributed by atoms with Gasteiger partial charge in [0.05, 0.1) is 10.5 Å². The third-order valence-electron chi connectivity index (χ3n) is 4.95. The number of para-hydroxylation sites is 1. The first-order chi connectivity index (χ1) is 11.6. The second kappa shape index (κ2) is 6.44. The van der Waals surface area contributed by atoms with Crippen molar-refractivity contribution in [2.24, 2.45) is 0 Å². The maximum absolute atomic E-state index is 6.57. The molecule has 24 heavy (non-hydrogen) atoms. The minimum Gasteiger partial charge on any atom is -0.343 e. The molecule has 0 fully saturated rings. The predicted molar refractivity (Wildman–Crippen MR) is 102 cm³/mol. The molecule has 124 valence electrons. The Morgan fingerprint density at radius 3 is 2.62 bits per heavy atom. The number of benzene rings is 2. The fraction of sp³-hybridized carbons (Fsp3) is 0.300. The molecule has 4 heteroatoms. The molecule has 0 atom stereocenters. The summed E-state index contributed by atoms with van der Waals surface area (Å²) >= 11 is 12.6. The maximum Gasteiger partial charge on any atom is 0.0675 e. The van der Waals surface area contributed by atoms with E-state index in [4.69, 9.17) is 23.2 Å². The molecule has 1 aliphatic rings. The van der Waals surface area contributed by atoms with Gasteiger partial charge in [0, 0.05) is 42.2 Å². The van der Waals surface area contributed by atoms with Gasteiger partial charge >= 0.3 is 0 Å². The summed E-state index contributed by atoms with van der Waals surface area (Å²) in [6.45, 7) is 3.04. The van der Waals surface area contributed by atoms with Crippen LogP contribution in [0.15, 0.2) is 42.5 Å². The largest absolute Gasteiger partial charge is 0.343 e. The van der Waals surface area contributed by atoms with Crippen LogP contribution in [0, 0.1) is 0 Å². The predicted octanol–water partition coefficient (Wildman–Crippen LogP) is 5.18. The summed E-state index contributed by atoms with van der Waals surface area (Å²) in [7, 11) is 2.18. The number of hydrogen-bond donors (Lipinski definition) is 0. The lowest BCUT2D eigenvalue weighted by Crippen LogP contribution is -2.27. The molecule has 0 saturated heterocycles. The number of aromatic nitrogens is 1. The number of hydrogen-bond acceptors (Lipinski definition) is 1. The van der Waals surface area contributed by atoms with Crippen LogP contribution in [0.2, 0.25) is 10.0 Å². The Hall–Kier alpha value is -1.48. The minimum atomic E-state index is 0.786. The summed E-state index contributed by atoms with van der Waals surface area (Å²) in [6, 6.07) is 14.4. The lowest BCUT2D eigenvalue weighted by molar-refractivity contribution is 0.309. The van der Waals surface area contributed by atoms with Crippen LogP contribution in [0.3, 0.4) is 0 Å². The quantitative estimate of drug-likeness (QED) is 0.626. The monoisotopic (exact) mass is 358 g/mol. The molecule has 1 aromatic heterocycles. The fourth-order valence-electron chi connectivity index (χ4n) is 3.73. The van der Waals surface area contributed by atoms with Crippen LogP contribution in [0.25, 0.3) is 10.9 Å². The molecule has 0 bridgehead atoms. The zero-order valence-electron chi connectivity index (χ0n) is 13.7. The number of fused-ring (bicyclic) bond motifs is 3. The highest BCUT2D eigenvalue weighted by molar-refractivity contribution is 6.35. The zero-order valence-corrected chi connectivity index (χ0v) is 15.2. The first-order valence-corrected chi connectivity index (χ1v) is 9.10. The average Bonchev–Trinajstić information content (AvgIpc) is 2.89. The molecule has 2 nitrogen and oxygen atoms in total. The first-order valence-electron chi connectivity index (χ1n) is 8.35. The molecule has 0 N–H and O–H groups in total. The summed E-state index contributed by atoms with van der Waals surface area (Å²) in [4.78, 5) is 2.38. The topological polar surface area (TPSA) is 8.17 Å². The van der Waals surface area contributed by atoms with Gasteiger partial charge < -0.3 is 9.47 Å². The van der Waals surface area contributed by atoms with Crippen LogP contribution in [0.4, 0.5) is 0 Å². The maximum atomic E-state index is 6.57. The SMILES string of the molecule is CN1CCc2c(c3cccc(Cl)c3n2CCc2ccc(Cl)cc2)C1. The van der Waals surface area contributed by atoms with Gasteiger partial charge in [0.1, 0.15) is 0 Å². The lowest BCUT2D eigenvalue weighted by Gasteiger charge is -2.24. The number of rotatable bonds is 3. The molecule has 1 aliphatic heterocycles. The van der Waals surface area contributed by atoms with E-state index in [1.54, 1.807) is 0 Å². The Morgan fingerprint density at radius 1 is 1.04 bits per heavy atom. The van der Waals surface area contributed by atoms with Crippen molar-refractivity contribution in [2.75, 3.05) is 13.6 Å². The summed E-state index contributed by atoms with van der Waals surface area (Å²) in [6.07, 6.45) is 2.06. The average molecular weight is 359 g/mol. The smallest absolute Gasteiger partial charge is 0.0675 e. The van der Waals surface area contributed by atoms with Gasteiger partial charge in [-0.25, -0.2) is 0 Å². The molecule has 0 saturated carbocycles. The van der Waals surface area contributed by atoms with Crippen molar-refractivity contribution in [1.82, 2.24) is 9.47 Å². The normalized spacial score (nSPS) is 15.0. The summed E-state index contributed by atoms with van der Waals surface area (Å²) in [5.74, 6) is 0. The van der Waals surface area contributed by atoms with Gasteiger partial charge in [0.15, 0.2) is 0 Å². The van der Waals surface area contributed by atoms with Gasteiger partial charge in [-0.1, -0.05) is 47.5 Å². The van der Waals surface area contributed by atoms with Gasteiger partial charge in [-0.05, 0) is 42.8 Å². The highest BCUT2D eigenvalue weighted by atomic mass is 35.5. The molecule has 0 unspecified atom stereocenters. The van der Waals surface area contributed by atoms with Crippen molar-refractivity contribution in [2.45, 2.75) is 25.9 Å². The van der Waals surface area contributed by atoms with Crippen molar-refractivity contribution < 1.29 is 0 Å². The van der Waals surface area contributed by atoms with Crippen LogP contribution in [0.5, 0.6) is 0 Å². The highest BCUT2D eigenvalue weighted by Crippen LogP contribution is 2.34. The van der Waals surface area contributed by atoms with Crippen molar-refractivity contribution in [3.05, 3.63) is 69.3 Å². The summed E-state index contributed by atoms with van der Waals surface area (Å²) < 4.78 is 2.44. The second-order valence-electron chi connectivity index (χ2n) is 6.58. The molecule has 2 aromatic carbocycles. The van der Waals surface area contributed by atoms with E-state index in [0.717, 1.165) is 42.5 Å². The van der Waals surface area contributed by atoms with Gasteiger partial charge in [-0.3, -0.25) is 0 Å². The summed E-state index contributed by atoms with van der Waals surface area (Å²) in [5, 5.41) is 2.94. The van der Waals surface area contributed by atoms with E-state index >= 15 is 0 Å². The van der Waals surface area contributed by atoms with Crippen LogP contribution >= 0.6 is 23.2 Å². The third kappa shape index (κ3) is 2.83. The first kappa shape index (κ1) is 16.0. The number of aryl methyl sites for hydroxylation is 2. The van der Waals surface area contributed by atoms with Gasteiger partial charge in [0.25, 0.3) is 0 Å². The van der Waals surface area contributed by atoms with E-state index in [9.17, 15) is 0 Å². The van der Waals surface area contributed by atoms with Crippen LogP contribution < -0.4 is 0 Å². The molecule has 2 heterocycles. The molecule has 0 aliphatic carbocycles. The Labute approximate surface area is 152 Å². The van der Waals surface area contributed by atoms with E-state index in [2.05, 4.69) is 40.8 Å². The van der Waals surface area contributed by atoms with Gasteiger partial charge in [0.2, 0.25) is 0 Å². The standard InChI is InChI=1S/C20H20Cl2N2/c1-23-11-10-19-17(13-23)16-3-2-4-18(22)20(16)24(19)12-9-14-5-7-15(21)8-6-14/h2-8H,9-13H2,1H3. The Bertz CT molecular complexity index is 881. The van der Waals surface area contributed by atoms with E-state index in [-0.39, 0.29) is 0 Å². The third-order valence-corrected chi connectivity index (χ3v) is 5.51. The van der Waals surface area contributed by atoms with Crippen LogP contribution in [0.1, 0.15) is 16.8 Å². The van der Waals surface area contributed by atoms with Gasteiger partial charge in [-0.15, -0.1) is 0 Å². The van der Waals surface area contributed by atoms with Crippen molar-refractivity contribution >= 4 is 34.1 Å². The van der Waals surface area contributed by atoms with Gasteiger partial charge in [-0.2, -0.15) is 0 Å². The van der Waals surface area contributed by atoms with Crippen molar-refractivity contribution in [3.63, 3.8) is 0 Å². The molecular weight excluding hydrogens is 339 g/mol. The molecular formula is C20H20Cl2N2. The zero-order chi connectivity index (χ0) is 16.7. The Morgan fingerprint density at radius 2 is 1.83 bits per heavy atom. The van der Waals surface area contributed by atoms with E-state index in [1.165, 1.54) is 27.7 Å². The van der Waals surface area contributed by atoms with Crippen LogP contribution in [-0.2, 0) is 25.9 Å². The summed E-state index contributed by atoms with van der Waals surface area (Å²) in [5.41, 5.74) is 5.38. The Kier molecular flexibility index (Phi) is 4.29. The number of nitrogens with zero attached hydrogens (tertiary/aromatic N) is 2. The molecule has 0 amide bonds. The molecule has 4 rings (SSSR count). The molecule has 3 aromatic rings. The second-order valence-corrected chi connectivity index (χ2v) is 7.42. The number of likely N-dealkylation sites (N-methyl/N-ethyl adjacent to an activating group) is 1. The molecule has 0 radical (unpaired) electrons. The number of halogens is 2. The molecule has 0 spiro atoms. The van der Waals surface area contributed by atoms with E-state index < -0.39 is 0 Å². The highest BCUT2D eigenvalue weighted by Gasteiger charge is 2.23. The fourth-order valence-corrected chi connectivity index (χ4v) is 4.14. The van der Waals surface area contributed by atoms with Crippen LogP contribution in [-0.4, -0.2) is 23.1 Å². The lowest BCUT2D eigenvalue weighted by atomic mass is 10.1. The van der Waals surface area contributed by atoms with E-state index in [1.807, 2.05) is 18.2 Å². The minimum absolute atomic E-state index is 0.786. The van der Waals surface area contributed by atoms with Crippen molar-refractivity contribution in [3.8, 4) is 0 Å². The van der Waals surface area contributed by atoms with Crippen molar-refractivity contribution in [1.29, 1.82) is 0 Å². The Balaban J connectivity index is 1.75.